The molecule has 0 spiro atoms. The lowest BCUT2D eigenvalue weighted by Crippen LogP contribution is -1.99. The number of carbonyl (C=O) groups excluding carboxylic acids is 1. The van der Waals surface area contributed by atoms with Crippen LogP contribution in [0.5, 0.6) is 0 Å². The van der Waals surface area contributed by atoms with Gasteiger partial charge in [-0.15, -0.1) is 0 Å². The Labute approximate surface area is 189 Å². The van der Waals surface area contributed by atoms with Crippen LogP contribution in [0.1, 0.15) is 162 Å². The lowest BCUT2D eigenvalue weighted by Gasteiger charge is -2.03. The summed E-state index contributed by atoms with van der Waals surface area (Å²) in [6, 6.07) is 0. The summed E-state index contributed by atoms with van der Waals surface area (Å²) < 4.78 is 5.01. The van der Waals surface area contributed by atoms with E-state index in [1.807, 2.05) is 0 Å². The van der Waals surface area contributed by atoms with E-state index >= 15 is 0 Å². The van der Waals surface area contributed by atoms with Gasteiger partial charge in [0.2, 0.25) is 0 Å². The second kappa shape index (κ2) is 26.1. The Balaban J connectivity index is 3.22. The van der Waals surface area contributed by atoms with Gasteiger partial charge < -0.3 is 4.74 Å². The molecule has 0 atom stereocenters. The van der Waals surface area contributed by atoms with Gasteiger partial charge in [0.1, 0.15) is 6.11 Å². The number of ether oxygens (including phenoxy) is 1. The van der Waals surface area contributed by atoms with E-state index in [1.165, 1.54) is 116 Å². The number of hydrogen-bond donors (Lipinski definition) is 0. The molecule has 2 nitrogen and oxygen atoms in total. The molecule has 0 aromatic carbocycles. The van der Waals surface area contributed by atoms with E-state index in [9.17, 15) is 4.79 Å². The predicted molar refractivity (Wildman–Crippen MR) is 131 cm³/mol. The van der Waals surface area contributed by atoms with Crippen molar-refractivity contribution in [2.24, 2.45) is 0 Å². The molecule has 0 radical (unpaired) electrons. The van der Waals surface area contributed by atoms with Crippen LogP contribution in [-0.2, 0) is 9.53 Å². The summed E-state index contributed by atoms with van der Waals surface area (Å²) >= 11 is 0. The zero-order valence-electron chi connectivity index (χ0n) is 20.6. The molecule has 0 aliphatic carbocycles. The first-order valence-corrected chi connectivity index (χ1v) is 13.5. The average Bonchev–Trinajstić information content (AvgIpc) is 2.75. The minimum atomic E-state index is -0.153. The third-order valence-electron chi connectivity index (χ3n) is 5.88. The van der Waals surface area contributed by atoms with E-state index in [2.05, 4.69) is 25.9 Å². The first-order valence-electron chi connectivity index (χ1n) is 13.5. The molecule has 0 fully saturated rings. The normalized spacial score (nSPS) is 10.6. The largest absolute Gasteiger partial charge is 0.372 e. The fourth-order valence-electron chi connectivity index (χ4n) is 3.83. The summed E-state index contributed by atoms with van der Waals surface area (Å²) in [5.41, 5.74) is 0. The molecule has 0 aliphatic rings. The summed E-state index contributed by atoms with van der Waals surface area (Å²) in [6.07, 6.45) is 31.7. The monoisotopic (exact) mass is 420 g/mol. The second-order valence-electron chi connectivity index (χ2n) is 8.97. The van der Waals surface area contributed by atoms with Crippen LogP contribution >= 0.6 is 0 Å². The van der Waals surface area contributed by atoms with Crippen molar-refractivity contribution in [1.29, 1.82) is 0 Å². The number of hydrogen-bond acceptors (Lipinski definition) is 2. The number of carbonyl (C=O) groups is 1. The maximum absolute atomic E-state index is 11.7. The molecule has 30 heavy (non-hydrogen) atoms. The number of esters is 1. The fourth-order valence-corrected chi connectivity index (χ4v) is 3.83. The average molecular weight is 421 g/mol. The Kier molecular flexibility index (Phi) is 25.2. The molecule has 0 heterocycles. The van der Waals surface area contributed by atoms with Crippen molar-refractivity contribution >= 4 is 5.97 Å². The summed E-state index contributed by atoms with van der Waals surface area (Å²) in [5.74, 6) is 2.82. The maximum atomic E-state index is 11.7. The van der Waals surface area contributed by atoms with E-state index in [-0.39, 0.29) is 5.97 Å². The van der Waals surface area contributed by atoms with E-state index in [1.54, 1.807) is 0 Å². The molecule has 2 heteroatoms. The van der Waals surface area contributed by atoms with Crippen molar-refractivity contribution in [3.05, 3.63) is 0 Å². The van der Waals surface area contributed by atoms with E-state index in [0.717, 1.165) is 25.7 Å². The van der Waals surface area contributed by atoms with Crippen LogP contribution in [0, 0.1) is 12.0 Å². The quantitative estimate of drug-likeness (QED) is 0.0989. The van der Waals surface area contributed by atoms with Crippen molar-refractivity contribution in [3.8, 4) is 12.0 Å². The summed E-state index contributed by atoms with van der Waals surface area (Å²) in [5, 5.41) is 0. The molecular weight excluding hydrogens is 368 g/mol. The minimum Gasteiger partial charge on any atom is -0.372 e. The molecule has 176 valence electrons. The van der Waals surface area contributed by atoms with Gasteiger partial charge in [-0.1, -0.05) is 142 Å². The van der Waals surface area contributed by atoms with Crippen LogP contribution in [0.25, 0.3) is 0 Å². The first-order chi connectivity index (χ1) is 14.8. The zero-order valence-corrected chi connectivity index (χ0v) is 20.6. The number of rotatable bonds is 22. The fraction of sp³-hybridized carbons (Fsp3) is 0.893. The highest BCUT2D eigenvalue weighted by atomic mass is 16.5. The summed E-state index contributed by atoms with van der Waals surface area (Å²) in [7, 11) is 0. The Bertz CT molecular complexity index is 405. The van der Waals surface area contributed by atoms with Gasteiger partial charge in [0.15, 0.2) is 0 Å². The maximum Gasteiger partial charge on any atom is 0.319 e. The molecule has 0 aromatic rings. The van der Waals surface area contributed by atoms with Gasteiger partial charge in [-0.3, -0.25) is 4.79 Å². The van der Waals surface area contributed by atoms with Crippen LogP contribution in [-0.4, -0.2) is 5.97 Å². The highest BCUT2D eigenvalue weighted by Gasteiger charge is 2.01. The minimum absolute atomic E-state index is 0.153. The topological polar surface area (TPSA) is 26.3 Å². The smallest absolute Gasteiger partial charge is 0.319 e. The van der Waals surface area contributed by atoms with Gasteiger partial charge in [0, 0.05) is 12.8 Å². The molecule has 0 rings (SSSR count). The predicted octanol–water partition coefficient (Wildman–Crippen LogP) is 9.50. The van der Waals surface area contributed by atoms with Gasteiger partial charge in [-0.25, -0.2) is 0 Å². The van der Waals surface area contributed by atoms with Crippen molar-refractivity contribution in [2.75, 3.05) is 0 Å². The van der Waals surface area contributed by atoms with E-state index < -0.39 is 0 Å². The van der Waals surface area contributed by atoms with Crippen LogP contribution in [0.4, 0.5) is 0 Å². The summed E-state index contributed by atoms with van der Waals surface area (Å²) in [6.45, 7) is 4.52. The highest BCUT2D eigenvalue weighted by Crippen LogP contribution is 2.13. The van der Waals surface area contributed by atoms with Crippen molar-refractivity contribution < 1.29 is 9.53 Å². The van der Waals surface area contributed by atoms with Gasteiger partial charge in [-0.2, -0.15) is 0 Å². The van der Waals surface area contributed by atoms with Crippen molar-refractivity contribution in [2.45, 2.75) is 162 Å². The highest BCUT2D eigenvalue weighted by molar-refractivity contribution is 5.70. The molecule has 0 saturated carbocycles. The third kappa shape index (κ3) is 25.1. The van der Waals surface area contributed by atoms with Crippen molar-refractivity contribution in [1.82, 2.24) is 0 Å². The first kappa shape index (κ1) is 29.0. The Morgan fingerprint density at radius 2 is 0.900 bits per heavy atom. The lowest BCUT2D eigenvalue weighted by atomic mass is 10.0. The second-order valence-corrected chi connectivity index (χ2v) is 8.97. The molecule has 0 aliphatic heterocycles. The van der Waals surface area contributed by atoms with Gasteiger partial charge in [0.05, 0.1) is 0 Å². The lowest BCUT2D eigenvalue weighted by molar-refractivity contribution is -0.136. The number of unbranched alkanes of at least 4 members (excludes halogenated alkanes) is 20. The van der Waals surface area contributed by atoms with Crippen LogP contribution < -0.4 is 0 Å². The van der Waals surface area contributed by atoms with Crippen molar-refractivity contribution in [3.63, 3.8) is 0 Å². The van der Waals surface area contributed by atoms with E-state index in [4.69, 9.17) is 4.74 Å². The zero-order chi connectivity index (χ0) is 22.0. The Morgan fingerprint density at radius 3 is 1.33 bits per heavy atom. The molecule has 0 amide bonds. The van der Waals surface area contributed by atoms with E-state index in [0.29, 0.717) is 6.42 Å². The van der Waals surface area contributed by atoms with Crippen LogP contribution in [0.15, 0.2) is 0 Å². The van der Waals surface area contributed by atoms with Gasteiger partial charge in [0.25, 0.3) is 0 Å². The van der Waals surface area contributed by atoms with Gasteiger partial charge >= 0.3 is 5.97 Å². The molecule has 0 aromatic heterocycles. The molecule has 0 N–H and O–H groups in total. The Hall–Kier alpha value is -0.970. The molecular formula is C28H52O2. The summed E-state index contributed by atoms with van der Waals surface area (Å²) in [4.78, 5) is 11.7. The SMILES string of the molecule is CCCCCCCCC#COC(=O)CCCCCCCCCCCCCCCCC. The van der Waals surface area contributed by atoms with Gasteiger partial charge in [-0.05, 0) is 12.8 Å². The molecule has 0 bridgehead atoms. The molecule has 0 unspecified atom stereocenters. The Morgan fingerprint density at radius 1 is 0.533 bits per heavy atom. The van der Waals surface area contributed by atoms with Crippen LogP contribution in [0.3, 0.4) is 0 Å². The third-order valence-corrected chi connectivity index (χ3v) is 5.88. The molecule has 0 saturated heterocycles. The standard InChI is InChI=1S/C28H52O2/c1-3-5-7-9-11-13-14-15-16-17-18-19-20-22-24-26-28(29)30-27-25-23-21-12-10-8-6-4-2/h3-24,26H2,1-2H3. The van der Waals surface area contributed by atoms with Crippen LogP contribution in [0.2, 0.25) is 0 Å².